The van der Waals surface area contributed by atoms with E-state index in [0.29, 0.717) is 34.9 Å². The van der Waals surface area contributed by atoms with Crippen molar-refractivity contribution >= 4 is 46.2 Å². The lowest BCUT2D eigenvalue weighted by atomic mass is 10.2. The van der Waals surface area contributed by atoms with E-state index in [1.54, 1.807) is 19.1 Å². The second kappa shape index (κ2) is 13.3. The third-order valence-corrected chi connectivity index (χ3v) is 8.28. The van der Waals surface area contributed by atoms with Gasteiger partial charge in [-0.25, -0.2) is 4.99 Å². The Kier molecular flexibility index (Phi) is 9.37. The fourth-order valence-corrected chi connectivity index (χ4v) is 5.88. The van der Waals surface area contributed by atoms with E-state index < -0.39 is 0 Å². The Morgan fingerprint density at radius 1 is 0.952 bits per heavy atom. The molecule has 0 radical (unpaired) electrons. The van der Waals surface area contributed by atoms with Crippen LogP contribution in [0.15, 0.2) is 88.8 Å². The molecule has 2 heterocycles. The smallest absolute Gasteiger partial charge is 0.266 e. The van der Waals surface area contributed by atoms with Gasteiger partial charge in [0.15, 0.2) is 5.17 Å². The first-order chi connectivity index (χ1) is 20.4. The predicted octanol–water partition coefficient (Wildman–Crippen LogP) is 7.59. The van der Waals surface area contributed by atoms with Crippen LogP contribution in [0.2, 0.25) is 5.02 Å². The van der Waals surface area contributed by atoms with Gasteiger partial charge in [0.25, 0.3) is 5.91 Å². The van der Waals surface area contributed by atoms with E-state index in [-0.39, 0.29) is 5.91 Å². The molecule has 216 valence electrons. The second-order valence-electron chi connectivity index (χ2n) is 9.69. The Bertz CT molecular complexity index is 1630. The van der Waals surface area contributed by atoms with E-state index in [2.05, 4.69) is 24.5 Å². The number of aromatic nitrogens is 1. The molecule has 1 aliphatic heterocycles. The summed E-state index contributed by atoms with van der Waals surface area (Å²) in [5.74, 6) is 1.42. The number of methoxy groups -OCH3 is 2. The van der Waals surface area contributed by atoms with E-state index in [4.69, 9.17) is 30.8 Å². The van der Waals surface area contributed by atoms with Crippen molar-refractivity contribution in [3.63, 3.8) is 0 Å². The van der Waals surface area contributed by atoms with Crippen molar-refractivity contribution in [1.29, 1.82) is 0 Å². The van der Waals surface area contributed by atoms with Crippen molar-refractivity contribution in [3.8, 4) is 17.2 Å². The first kappa shape index (κ1) is 29.5. The Balaban J connectivity index is 1.37. The van der Waals surface area contributed by atoms with Gasteiger partial charge in [-0.2, -0.15) is 0 Å². The van der Waals surface area contributed by atoms with Gasteiger partial charge in [0.2, 0.25) is 0 Å². The molecule has 1 saturated heterocycles. The molecule has 0 saturated carbocycles. The van der Waals surface area contributed by atoms with E-state index in [1.165, 1.54) is 11.8 Å². The quantitative estimate of drug-likeness (QED) is 0.175. The van der Waals surface area contributed by atoms with Crippen molar-refractivity contribution in [1.82, 2.24) is 9.47 Å². The SMILES string of the molecule is COCCN1C(=O)/C(=C/c2cc(C)n(-c3ccc(OCc4ccccc4Cl)cc3)c2C)SC1=Nc1ccc(OC)cc1. The number of hydrogen-bond donors (Lipinski definition) is 0. The lowest BCUT2D eigenvalue weighted by molar-refractivity contribution is -0.122. The third kappa shape index (κ3) is 6.57. The van der Waals surface area contributed by atoms with Gasteiger partial charge in [0, 0.05) is 34.8 Å². The van der Waals surface area contributed by atoms with Crippen molar-refractivity contribution < 1.29 is 19.0 Å². The average molecular weight is 602 g/mol. The van der Waals surface area contributed by atoms with Gasteiger partial charge in [-0.3, -0.25) is 9.69 Å². The van der Waals surface area contributed by atoms with Crippen LogP contribution in [0.5, 0.6) is 11.5 Å². The summed E-state index contributed by atoms with van der Waals surface area (Å²) in [7, 11) is 3.25. The van der Waals surface area contributed by atoms with Crippen LogP contribution < -0.4 is 9.47 Å². The fraction of sp³-hybridized carbons (Fsp3) is 0.212. The highest BCUT2D eigenvalue weighted by atomic mass is 35.5. The largest absolute Gasteiger partial charge is 0.497 e. The normalized spacial score (nSPS) is 15.2. The van der Waals surface area contributed by atoms with Gasteiger partial charge >= 0.3 is 0 Å². The Morgan fingerprint density at radius 3 is 2.36 bits per heavy atom. The van der Waals surface area contributed by atoms with E-state index in [1.807, 2.05) is 78.9 Å². The molecule has 0 N–H and O–H groups in total. The number of rotatable bonds is 10. The molecule has 7 nitrogen and oxygen atoms in total. The molecule has 1 aromatic heterocycles. The molecule has 1 fully saturated rings. The molecule has 0 atom stereocenters. The van der Waals surface area contributed by atoms with E-state index in [0.717, 1.165) is 45.4 Å². The lowest BCUT2D eigenvalue weighted by Crippen LogP contribution is -2.32. The first-order valence-electron chi connectivity index (χ1n) is 13.5. The molecule has 3 aromatic carbocycles. The molecule has 0 unspecified atom stereocenters. The number of ether oxygens (including phenoxy) is 3. The lowest BCUT2D eigenvalue weighted by Gasteiger charge is -2.14. The van der Waals surface area contributed by atoms with Crippen LogP contribution in [0, 0.1) is 13.8 Å². The summed E-state index contributed by atoms with van der Waals surface area (Å²) < 4.78 is 18.6. The van der Waals surface area contributed by atoms with Gasteiger partial charge in [-0.1, -0.05) is 29.8 Å². The minimum atomic E-state index is -0.0888. The number of benzene rings is 3. The number of carbonyl (C=O) groups excluding carboxylic acids is 1. The van der Waals surface area contributed by atoms with Gasteiger partial charge in [-0.05, 0) is 97.9 Å². The monoisotopic (exact) mass is 601 g/mol. The van der Waals surface area contributed by atoms with Crippen LogP contribution in [0.4, 0.5) is 5.69 Å². The van der Waals surface area contributed by atoms with Crippen molar-refractivity contribution in [2.24, 2.45) is 4.99 Å². The maximum atomic E-state index is 13.5. The van der Waals surface area contributed by atoms with Crippen molar-refractivity contribution in [3.05, 3.63) is 111 Å². The summed E-state index contributed by atoms with van der Waals surface area (Å²) in [6, 6.07) is 25.2. The number of aryl methyl sites for hydroxylation is 1. The minimum absolute atomic E-state index is 0.0888. The number of aliphatic imine (C=N–C) groups is 1. The van der Waals surface area contributed by atoms with Gasteiger partial charge < -0.3 is 18.8 Å². The molecular weight excluding hydrogens is 570 g/mol. The molecular formula is C33H32ClN3O4S. The highest BCUT2D eigenvalue weighted by Gasteiger charge is 2.33. The first-order valence-corrected chi connectivity index (χ1v) is 14.7. The summed E-state index contributed by atoms with van der Waals surface area (Å²) in [5, 5.41) is 1.31. The minimum Gasteiger partial charge on any atom is -0.497 e. The summed E-state index contributed by atoms with van der Waals surface area (Å²) in [5.41, 5.74) is 5.75. The highest BCUT2D eigenvalue weighted by Crippen LogP contribution is 2.35. The molecule has 9 heteroatoms. The molecule has 0 aliphatic carbocycles. The van der Waals surface area contributed by atoms with Crippen LogP contribution in [0.3, 0.4) is 0 Å². The Morgan fingerprint density at radius 2 is 1.67 bits per heavy atom. The summed E-state index contributed by atoms with van der Waals surface area (Å²) in [4.78, 5) is 20.5. The molecule has 42 heavy (non-hydrogen) atoms. The number of amidine groups is 1. The predicted molar refractivity (Wildman–Crippen MR) is 170 cm³/mol. The molecule has 1 amide bonds. The molecule has 1 aliphatic rings. The van der Waals surface area contributed by atoms with Crippen LogP contribution in [0.25, 0.3) is 11.8 Å². The van der Waals surface area contributed by atoms with Crippen molar-refractivity contribution in [2.75, 3.05) is 27.4 Å². The van der Waals surface area contributed by atoms with Crippen LogP contribution in [0.1, 0.15) is 22.5 Å². The zero-order valence-corrected chi connectivity index (χ0v) is 25.5. The Hall–Kier alpha value is -3.98. The van der Waals surface area contributed by atoms with Gasteiger partial charge in [-0.15, -0.1) is 0 Å². The van der Waals surface area contributed by atoms with Crippen LogP contribution in [-0.4, -0.2) is 47.9 Å². The van der Waals surface area contributed by atoms with Gasteiger partial charge in [0.1, 0.15) is 18.1 Å². The zero-order valence-electron chi connectivity index (χ0n) is 24.0. The Labute approximate surface area is 255 Å². The molecule has 0 spiro atoms. The summed E-state index contributed by atoms with van der Waals surface area (Å²) >= 11 is 7.63. The van der Waals surface area contributed by atoms with Crippen LogP contribution >= 0.6 is 23.4 Å². The highest BCUT2D eigenvalue weighted by molar-refractivity contribution is 8.18. The molecule has 4 aromatic rings. The number of hydrogen-bond acceptors (Lipinski definition) is 6. The average Bonchev–Trinajstić information content (AvgIpc) is 3.45. The molecule has 0 bridgehead atoms. The number of nitrogens with zero attached hydrogens (tertiary/aromatic N) is 3. The second-order valence-corrected chi connectivity index (χ2v) is 11.1. The summed E-state index contributed by atoms with van der Waals surface area (Å²) in [6.07, 6.45) is 1.95. The topological polar surface area (TPSA) is 65.3 Å². The maximum absolute atomic E-state index is 13.5. The fourth-order valence-electron chi connectivity index (χ4n) is 4.68. The number of thioether (sulfide) groups is 1. The third-order valence-electron chi connectivity index (χ3n) is 6.91. The summed E-state index contributed by atoms with van der Waals surface area (Å²) in [6.45, 7) is 5.34. The standard InChI is InChI=1S/C33H32ClN3O4S/c1-22-19-25(23(2)37(22)27-11-15-29(16-12-27)41-21-24-7-5-6-8-30(24)34)20-31-32(38)36(17-18-39-3)33(42-31)35-26-9-13-28(40-4)14-10-26/h5-16,19-20H,17-18,21H2,1-4H3/b31-20-,35-33?. The number of halogens is 1. The van der Waals surface area contributed by atoms with E-state index >= 15 is 0 Å². The zero-order chi connectivity index (χ0) is 29.6. The number of amides is 1. The van der Waals surface area contributed by atoms with Gasteiger partial charge in [0.05, 0.1) is 30.9 Å². The van der Waals surface area contributed by atoms with Crippen LogP contribution in [-0.2, 0) is 16.1 Å². The van der Waals surface area contributed by atoms with E-state index in [9.17, 15) is 4.79 Å². The number of carbonyl (C=O) groups is 1. The molecule has 5 rings (SSSR count). The maximum Gasteiger partial charge on any atom is 0.266 e. The van der Waals surface area contributed by atoms with Crippen molar-refractivity contribution in [2.45, 2.75) is 20.5 Å².